The predicted molar refractivity (Wildman–Crippen MR) is 122 cm³/mol. The fourth-order valence-corrected chi connectivity index (χ4v) is 5.43. The van der Waals surface area contributed by atoms with Crippen molar-refractivity contribution in [1.82, 2.24) is 9.88 Å². The number of carbonyl (C=O) groups excluding carboxylic acids is 1. The van der Waals surface area contributed by atoms with Gasteiger partial charge in [0.25, 0.3) is 5.91 Å². The quantitative estimate of drug-likeness (QED) is 0.373. The summed E-state index contributed by atoms with van der Waals surface area (Å²) in [7, 11) is 0. The number of carbonyl (C=O) groups is 1. The zero-order valence-corrected chi connectivity index (χ0v) is 18.8. The topological polar surface area (TPSA) is 52.5 Å². The van der Waals surface area contributed by atoms with Gasteiger partial charge >= 0.3 is 0 Å². The molecule has 0 radical (unpaired) electrons. The van der Waals surface area contributed by atoms with E-state index in [1.54, 1.807) is 11.3 Å². The molecule has 5 rings (SSSR count). The standard InChI is InChI=1S/C22H16BrClN2O3S/c23-16-11-30-20-8-17(26(21(16)20)10-14-2-1-3-15(24)6-14)22(27)25-9-13-4-5-18-19(7-13)29-12-28-18/h1-8,11H,9-10,12H2,(H,25,27). The summed E-state index contributed by atoms with van der Waals surface area (Å²) in [6.07, 6.45) is 0. The van der Waals surface area contributed by atoms with Crippen molar-refractivity contribution in [3.05, 3.63) is 80.2 Å². The van der Waals surface area contributed by atoms with Gasteiger partial charge in [0, 0.05) is 23.5 Å². The Labute approximate surface area is 190 Å². The molecule has 0 bridgehead atoms. The van der Waals surface area contributed by atoms with Crippen molar-refractivity contribution in [2.75, 3.05) is 6.79 Å². The maximum atomic E-state index is 13.1. The minimum atomic E-state index is -0.134. The Balaban J connectivity index is 1.42. The lowest BCUT2D eigenvalue weighted by Crippen LogP contribution is -2.25. The van der Waals surface area contributed by atoms with Gasteiger partial charge in [0.1, 0.15) is 5.69 Å². The zero-order valence-electron chi connectivity index (χ0n) is 15.7. The Morgan fingerprint density at radius 3 is 2.87 bits per heavy atom. The average molecular weight is 504 g/mol. The van der Waals surface area contributed by atoms with Crippen LogP contribution in [0.5, 0.6) is 11.5 Å². The fraction of sp³-hybridized carbons (Fsp3) is 0.136. The third-order valence-electron chi connectivity index (χ3n) is 4.93. The van der Waals surface area contributed by atoms with Crippen LogP contribution in [0.2, 0.25) is 5.02 Å². The second-order valence-corrected chi connectivity index (χ2v) is 9.11. The van der Waals surface area contributed by atoms with Crippen molar-refractivity contribution in [2.24, 2.45) is 0 Å². The largest absolute Gasteiger partial charge is 0.454 e. The van der Waals surface area contributed by atoms with E-state index in [1.165, 1.54) is 0 Å². The number of amides is 1. The molecule has 0 aliphatic carbocycles. The predicted octanol–water partition coefficient (Wildman–Crippen LogP) is 5.83. The number of aromatic nitrogens is 1. The minimum absolute atomic E-state index is 0.134. The molecule has 0 saturated heterocycles. The van der Waals surface area contributed by atoms with Crippen molar-refractivity contribution < 1.29 is 14.3 Å². The summed E-state index contributed by atoms with van der Waals surface area (Å²) in [6.45, 7) is 1.17. The number of benzene rings is 2. The molecule has 5 nitrogen and oxygen atoms in total. The van der Waals surface area contributed by atoms with Crippen LogP contribution in [-0.4, -0.2) is 17.3 Å². The van der Waals surface area contributed by atoms with E-state index in [-0.39, 0.29) is 12.7 Å². The lowest BCUT2D eigenvalue weighted by atomic mass is 10.2. The molecule has 2 aromatic heterocycles. The molecule has 1 amide bonds. The molecular formula is C22H16BrClN2O3S. The third-order valence-corrected chi connectivity index (χ3v) is 6.99. The third kappa shape index (κ3) is 3.69. The van der Waals surface area contributed by atoms with Gasteiger partial charge in [-0.2, -0.15) is 0 Å². The molecule has 152 valence electrons. The smallest absolute Gasteiger partial charge is 0.268 e. The van der Waals surface area contributed by atoms with E-state index in [0.717, 1.165) is 31.6 Å². The molecule has 0 fully saturated rings. The van der Waals surface area contributed by atoms with E-state index >= 15 is 0 Å². The highest BCUT2D eigenvalue weighted by Gasteiger charge is 2.20. The van der Waals surface area contributed by atoms with Crippen molar-refractivity contribution in [3.63, 3.8) is 0 Å². The number of rotatable bonds is 5. The van der Waals surface area contributed by atoms with Crippen LogP contribution in [0.4, 0.5) is 0 Å². The van der Waals surface area contributed by atoms with Crippen LogP contribution in [0.3, 0.4) is 0 Å². The van der Waals surface area contributed by atoms with Crippen molar-refractivity contribution >= 4 is 55.0 Å². The SMILES string of the molecule is O=C(NCc1ccc2c(c1)OCO2)c1cc2scc(Br)c2n1Cc1cccc(Cl)c1. The second-order valence-electron chi connectivity index (χ2n) is 6.91. The first-order chi connectivity index (χ1) is 14.6. The van der Waals surface area contributed by atoms with Crippen LogP contribution in [0.15, 0.2) is 58.4 Å². The number of thiophene rings is 1. The Kier molecular flexibility index (Phi) is 5.18. The van der Waals surface area contributed by atoms with Gasteiger partial charge in [-0.05, 0) is 57.4 Å². The van der Waals surface area contributed by atoms with Crippen molar-refractivity contribution in [1.29, 1.82) is 0 Å². The van der Waals surface area contributed by atoms with Gasteiger partial charge in [0.15, 0.2) is 11.5 Å². The van der Waals surface area contributed by atoms with Gasteiger partial charge in [-0.1, -0.05) is 29.8 Å². The first-order valence-corrected chi connectivity index (χ1v) is 11.3. The van der Waals surface area contributed by atoms with Gasteiger partial charge in [-0.3, -0.25) is 4.79 Å². The molecule has 0 unspecified atom stereocenters. The summed E-state index contributed by atoms with van der Waals surface area (Å²) in [4.78, 5) is 13.1. The summed E-state index contributed by atoms with van der Waals surface area (Å²) in [6, 6.07) is 15.3. The summed E-state index contributed by atoms with van der Waals surface area (Å²) in [5, 5.41) is 5.73. The number of halogens is 2. The lowest BCUT2D eigenvalue weighted by molar-refractivity contribution is 0.0942. The van der Waals surface area contributed by atoms with E-state index < -0.39 is 0 Å². The van der Waals surface area contributed by atoms with Gasteiger partial charge in [0.2, 0.25) is 6.79 Å². The van der Waals surface area contributed by atoms with Crippen molar-refractivity contribution in [2.45, 2.75) is 13.1 Å². The molecule has 1 N–H and O–H groups in total. The molecule has 3 heterocycles. The van der Waals surface area contributed by atoms with Crippen molar-refractivity contribution in [3.8, 4) is 11.5 Å². The molecule has 0 spiro atoms. The molecule has 1 aliphatic heterocycles. The minimum Gasteiger partial charge on any atom is -0.454 e. The monoisotopic (exact) mass is 502 g/mol. The highest BCUT2D eigenvalue weighted by atomic mass is 79.9. The molecule has 1 aliphatic rings. The van der Waals surface area contributed by atoms with Gasteiger partial charge < -0.3 is 19.4 Å². The van der Waals surface area contributed by atoms with E-state index in [0.29, 0.717) is 29.6 Å². The maximum absolute atomic E-state index is 13.1. The van der Waals surface area contributed by atoms with Crippen LogP contribution in [0, 0.1) is 0 Å². The highest BCUT2D eigenvalue weighted by Crippen LogP contribution is 2.34. The van der Waals surface area contributed by atoms with Gasteiger partial charge in [-0.15, -0.1) is 11.3 Å². The summed E-state index contributed by atoms with van der Waals surface area (Å²) >= 11 is 11.4. The first kappa shape index (κ1) is 19.5. The normalized spacial score (nSPS) is 12.5. The number of nitrogens with zero attached hydrogens (tertiary/aromatic N) is 1. The molecule has 0 atom stereocenters. The summed E-state index contributed by atoms with van der Waals surface area (Å²) in [5.74, 6) is 1.30. The van der Waals surface area contributed by atoms with E-state index in [2.05, 4.69) is 21.2 Å². The molecule has 2 aromatic carbocycles. The highest BCUT2D eigenvalue weighted by molar-refractivity contribution is 9.10. The number of fused-ring (bicyclic) bond motifs is 2. The second kappa shape index (κ2) is 7.98. The number of hydrogen-bond acceptors (Lipinski definition) is 4. The van der Waals surface area contributed by atoms with Crippen LogP contribution < -0.4 is 14.8 Å². The van der Waals surface area contributed by atoms with Gasteiger partial charge in [-0.25, -0.2) is 0 Å². The Bertz CT molecular complexity index is 1270. The summed E-state index contributed by atoms with van der Waals surface area (Å²) < 4.78 is 14.8. The van der Waals surface area contributed by atoms with E-state index in [1.807, 2.05) is 58.5 Å². The first-order valence-electron chi connectivity index (χ1n) is 9.26. The Morgan fingerprint density at radius 2 is 2.00 bits per heavy atom. The number of hydrogen-bond donors (Lipinski definition) is 1. The lowest BCUT2D eigenvalue weighted by Gasteiger charge is -2.12. The number of nitrogens with one attached hydrogen (secondary N) is 1. The van der Waals surface area contributed by atoms with Crippen LogP contribution >= 0.6 is 38.9 Å². The molecule has 0 saturated carbocycles. The van der Waals surface area contributed by atoms with Crippen LogP contribution in [-0.2, 0) is 13.1 Å². The van der Waals surface area contributed by atoms with E-state index in [4.69, 9.17) is 21.1 Å². The fourth-order valence-electron chi connectivity index (χ4n) is 3.53. The molecule has 30 heavy (non-hydrogen) atoms. The zero-order chi connectivity index (χ0) is 20.7. The maximum Gasteiger partial charge on any atom is 0.268 e. The van der Waals surface area contributed by atoms with Crippen LogP contribution in [0.25, 0.3) is 10.2 Å². The molecule has 4 aromatic rings. The average Bonchev–Trinajstić information content (AvgIpc) is 3.43. The van der Waals surface area contributed by atoms with Crippen LogP contribution in [0.1, 0.15) is 21.6 Å². The van der Waals surface area contributed by atoms with E-state index in [9.17, 15) is 4.79 Å². The summed E-state index contributed by atoms with van der Waals surface area (Å²) in [5.41, 5.74) is 3.60. The Hall–Kier alpha value is -2.48. The van der Waals surface area contributed by atoms with Gasteiger partial charge in [0.05, 0.1) is 14.7 Å². The Morgan fingerprint density at radius 1 is 1.13 bits per heavy atom. The number of ether oxygens (including phenoxy) is 2. The molecular weight excluding hydrogens is 488 g/mol. The molecule has 8 heteroatoms.